The average Bonchev–Trinajstić information content (AvgIpc) is 3.34. The molecule has 0 saturated carbocycles. The summed E-state index contributed by atoms with van der Waals surface area (Å²) in [6.45, 7) is 0. The maximum absolute atomic E-state index is 12.3. The van der Waals surface area contributed by atoms with Crippen molar-refractivity contribution < 1.29 is 4.79 Å². The van der Waals surface area contributed by atoms with Crippen molar-refractivity contribution in [2.45, 2.75) is 18.8 Å². The first-order chi connectivity index (χ1) is 11.8. The second-order valence-electron chi connectivity index (χ2n) is 5.80. The number of aromatic nitrogens is 1. The van der Waals surface area contributed by atoms with Crippen molar-refractivity contribution in [3.8, 4) is 0 Å². The molecular weight excluding hydrogens is 318 g/mol. The molecular formula is C19H17N3OS. The number of benzene rings is 1. The monoisotopic (exact) mass is 335 g/mol. The van der Waals surface area contributed by atoms with Crippen molar-refractivity contribution in [1.82, 2.24) is 10.4 Å². The Morgan fingerprint density at radius 3 is 3.12 bits per heavy atom. The zero-order valence-corrected chi connectivity index (χ0v) is 13.8. The maximum Gasteiger partial charge on any atom is 0.273 e. The molecule has 4 rings (SSSR count). The lowest BCUT2D eigenvalue weighted by Gasteiger charge is -2.02. The molecule has 0 saturated heterocycles. The molecule has 0 spiro atoms. The third-order valence-electron chi connectivity index (χ3n) is 4.22. The molecule has 1 aliphatic rings. The van der Waals surface area contributed by atoms with E-state index in [9.17, 15) is 4.79 Å². The molecule has 4 nitrogen and oxygen atoms in total. The van der Waals surface area contributed by atoms with Gasteiger partial charge in [0.05, 0.1) is 17.3 Å². The van der Waals surface area contributed by atoms with Crippen LogP contribution >= 0.6 is 11.3 Å². The Morgan fingerprint density at radius 1 is 1.29 bits per heavy atom. The highest BCUT2D eigenvalue weighted by Gasteiger charge is 2.13. The lowest BCUT2D eigenvalue weighted by atomic mass is 10.1. The summed E-state index contributed by atoms with van der Waals surface area (Å²) in [4.78, 5) is 17.8. The SMILES string of the molecule is O=C(N/N=C/c1ccc(C2C=CCC2)s1)c1cccc2cc[nH]c12. The van der Waals surface area contributed by atoms with E-state index in [1.54, 1.807) is 23.6 Å². The first-order valence-corrected chi connectivity index (χ1v) is 8.79. The summed E-state index contributed by atoms with van der Waals surface area (Å²) in [6, 6.07) is 11.8. The number of aromatic amines is 1. The van der Waals surface area contributed by atoms with Crippen LogP contribution in [-0.2, 0) is 0 Å². The summed E-state index contributed by atoms with van der Waals surface area (Å²) in [7, 11) is 0. The van der Waals surface area contributed by atoms with Crippen LogP contribution in [0.25, 0.3) is 10.9 Å². The fourth-order valence-electron chi connectivity index (χ4n) is 3.00. The minimum atomic E-state index is -0.213. The van der Waals surface area contributed by atoms with Gasteiger partial charge in [0.25, 0.3) is 5.91 Å². The Bertz CT molecular complexity index is 935. The molecule has 1 aliphatic carbocycles. The molecule has 1 aromatic carbocycles. The molecule has 1 atom stereocenters. The topological polar surface area (TPSA) is 57.2 Å². The Morgan fingerprint density at radius 2 is 2.25 bits per heavy atom. The van der Waals surface area contributed by atoms with Gasteiger partial charge in [0.2, 0.25) is 0 Å². The number of carbonyl (C=O) groups is 1. The van der Waals surface area contributed by atoms with Crippen LogP contribution in [0.15, 0.2) is 59.8 Å². The lowest BCUT2D eigenvalue weighted by Crippen LogP contribution is -2.17. The molecule has 2 heterocycles. The number of carbonyl (C=O) groups excluding carboxylic acids is 1. The van der Waals surface area contributed by atoms with E-state index < -0.39 is 0 Å². The summed E-state index contributed by atoms with van der Waals surface area (Å²) >= 11 is 1.72. The van der Waals surface area contributed by atoms with Crippen molar-refractivity contribution in [3.05, 3.63) is 70.1 Å². The van der Waals surface area contributed by atoms with Crippen molar-refractivity contribution in [2.75, 3.05) is 0 Å². The van der Waals surface area contributed by atoms with Crippen molar-refractivity contribution in [3.63, 3.8) is 0 Å². The van der Waals surface area contributed by atoms with E-state index in [2.05, 4.69) is 33.7 Å². The van der Waals surface area contributed by atoms with Gasteiger partial charge in [-0.1, -0.05) is 24.3 Å². The number of hydrazone groups is 1. The number of thiophene rings is 1. The predicted octanol–water partition coefficient (Wildman–Crippen LogP) is 4.43. The van der Waals surface area contributed by atoms with Crippen LogP contribution < -0.4 is 5.43 Å². The van der Waals surface area contributed by atoms with Gasteiger partial charge in [-0.25, -0.2) is 5.43 Å². The van der Waals surface area contributed by atoms with Gasteiger partial charge in [-0.2, -0.15) is 5.10 Å². The van der Waals surface area contributed by atoms with Gasteiger partial charge in [-0.05, 0) is 37.1 Å². The van der Waals surface area contributed by atoms with Crippen molar-refractivity contribution in [1.29, 1.82) is 0 Å². The van der Waals surface area contributed by atoms with Crippen LogP contribution in [0.4, 0.5) is 0 Å². The first-order valence-electron chi connectivity index (χ1n) is 7.97. The van der Waals surface area contributed by atoms with Gasteiger partial charge in [0, 0.05) is 27.3 Å². The highest BCUT2D eigenvalue weighted by molar-refractivity contribution is 7.13. The van der Waals surface area contributed by atoms with Crippen molar-refractivity contribution >= 4 is 34.4 Å². The number of nitrogens with zero attached hydrogens (tertiary/aromatic N) is 1. The summed E-state index contributed by atoms with van der Waals surface area (Å²) in [5, 5.41) is 5.12. The third-order valence-corrected chi connectivity index (χ3v) is 5.37. The van der Waals surface area contributed by atoms with Gasteiger partial charge in [-0.3, -0.25) is 4.79 Å². The third kappa shape index (κ3) is 2.90. The van der Waals surface area contributed by atoms with Gasteiger partial charge in [0.1, 0.15) is 0 Å². The van der Waals surface area contributed by atoms with E-state index in [0.29, 0.717) is 11.5 Å². The Kier molecular flexibility index (Phi) is 4.01. The van der Waals surface area contributed by atoms with Gasteiger partial charge in [0.15, 0.2) is 0 Å². The number of rotatable bonds is 4. The van der Waals surface area contributed by atoms with Crippen molar-refractivity contribution in [2.24, 2.45) is 5.10 Å². The summed E-state index contributed by atoms with van der Waals surface area (Å²) in [6.07, 6.45) is 10.4. The molecule has 2 aromatic heterocycles. The largest absolute Gasteiger partial charge is 0.361 e. The normalized spacial score (nSPS) is 17.1. The fourth-order valence-corrected chi connectivity index (χ4v) is 3.99. The molecule has 120 valence electrons. The molecule has 1 unspecified atom stereocenters. The number of hydrogen-bond acceptors (Lipinski definition) is 3. The van der Waals surface area contributed by atoms with E-state index in [1.807, 2.05) is 30.5 Å². The van der Waals surface area contributed by atoms with E-state index in [0.717, 1.165) is 22.2 Å². The number of fused-ring (bicyclic) bond motifs is 1. The number of allylic oxidation sites excluding steroid dienone is 2. The molecule has 24 heavy (non-hydrogen) atoms. The standard InChI is InChI=1S/C19H17N3OS/c23-19(16-7-3-6-14-10-11-20-18(14)16)22-21-12-15-8-9-17(24-15)13-4-1-2-5-13/h1,3-4,6-13,20H,2,5H2,(H,22,23)/b21-12+. The van der Waals surface area contributed by atoms with E-state index in [-0.39, 0.29) is 5.91 Å². The fraction of sp³-hybridized carbons (Fsp3) is 0.158. The Hall–Kier alpha value is -2.66. The zero-order valence-electron chi connectivity index (χ0n) is 13.0. The molecule has 5 heteroatoms. The van der Waals surface area contributed by atoms with E-state index >= 15 is 0 Å². The van der Waals surface area contributed by atoms with Crippen LogP contribution in [0.3, 0.4) is 0 Å². The molecule has 0 radical (unpaired) electrons. The number of nitrogens with one attached hydrogen (secondary N) is 2. The van der Waals surface area contributed by atoms with Crippen LogP contribution in [0.1, 0.15) is 38.9 Å². The van der Waals surface area contributed by atoms with Crippen LogP contribution in [0, 0.1) is 0 Å². The second kappa shape index (κ2) is 6.45. The zero-order chi connectivity index (χ0) is 16.4. The number of hydrogen-bond donors (Lipinski definition) is 2. The number of para-hydroxylation sites is 1. The van der Waals surface area contributed by atoms with Gasteiger partial charge in [-0.15, -0.1) is 11.3 Å². The molecule has 3 aromatic rings. The molecule has 0 fully saturated rings. The molecule has 2 N–H and O–H groups in total. The first kappa shape index (κ1) is 14.9. The van der Waals surface area contributed by atoms with Crippen LogP contribution in [0.5, 0.6) is 0 Å². The maximum atomic E-state index is 12.3. The minimum Gasteiger partial charge on any atom is -0.361 e. The second-order valence-corrected chi connectivity index (χ2v) is 6.95. The van der Waals surface area contributed by atoms with E-state index in [4.69, 9.17) is 0 Å². The van der Waals surface area contributed by atoms with Crippen LogP contribution in [0.2, 0.25) is 0 Å². The van der Waals surface area contributed by atoms with Crippen LogP contribution in [-0.4, -0.2) is 17.1 Å². The molecule has 1 amide bonds. The average molecular weight is 335 g/mol. The predicted molar refractivity (Wildman–Crippen MR) is 98.8 cm³/mol. The highest BCUT2D eigenvalue weighted by atomic mass is 32.1. The number of H-pyrrole nitrogens is 1. The highest BCUT2D eigenvalue weighted by Crippen LogP contribution is 2.32. The Labute approximate surface area is 143 Å². The lowest BCUT2D eigenvalue weighted by molar-refractivity contribution is 0.0956. The summed E-state index contributed by atoms with van der Waals surface area (Å²) < 4.78 is 0. The van der Waals surface area contributed by atoms with E-state index in [1.165, 1.54) is 11.3 Å². The molecule has 0 bridgehead atoms. The van der Waals surface area contributed by atoms with Gasteiger partial charge >= 0.3 is 0 Å². The summed E-state index contributed by atoms with van der Waals surface area (Å²) in [5.41, 5.74) is 4.04. The molecule has 0 aliphatic heterocycles. The Balaban J connectivity index is 1.44. The number of amides is 1. The summed E-state index contributed by atoms with van der Waals surface area (Å²) in [5.74, 6) is 0.326. The minimum absolute atomic E-state index is 0.213. The quantitative estimate of drug-likeness (QED) is 0.414. The smallest absolute Gasteiger partial charge is 0.273 e. The van der Waals surface area contributed by atoms with Gasteiger partial charge < -0.3 is 4.98 Å².